The van der Waals surface area contributed by atoms with E-state index >= 15 is 0 Å². The van der Waals surface area contributed by atoms with E-state index in [0.717, 1.165) is 6.42 Å². The number of carbonyl (C=O) groups excluding carboxylic acids is 2. The van der Waals surface area contributed by atoms with E-state index in [1.807, 2.05) is 0 Å². The van der Waals surface area contributed by atoms with Gasteiger partial charge in [-0.3, -0.25) is 4.79 Å². The lowest BCUT2D eigenvalue weighted by Gasteiger charge is -1.98. The van der Waals surface area contributed by atoms with E-state index in [4.69, 9.17) is 23.2 Å². The van der Waals surface area contributed by atoms with E-state index in [-0.39, 0.29) is 0 Å². The van der Waals surface area contributed by atoms with Crippen molar-refractivity contribution in [3.05, 3.63) is 6.42 Å². The molecule has 5 heteroatoms. The Morgan fingerprint density at radius 1 is 1.50 bits per heavy atom. The maximum absolute atomic E-state index is 10.4. The minimum atomic E-state index is -1.30. The fourth-order valence-corrected chi connectivity index (χ4v) is 0.292. The summed E-state index contributed by atoms with van der Waals surface area (Å²) in [5.41, 5.74) is 0. The van der Waals surface area contributed by atoms with Crippen LogP contribution in [0.1, 0.15) is 6.92 Å². The van der Waals surface area contributed by atoms with Gasteiger partial charge in [0.25, 0.3) is 0 Å². The van der Waals surface area contributed by atoms with Gasteiger partial charge in [0, 0.05) is 0 Å². The SMILES string of the molecule is C[CH]C(=O)OC(=O)C(Cl)Cl. The third-order valence-electron chi connectivity index (χ3n) is 0.615. The van der Waals surface area contributed by atoms with Crippen LogP contribution in [0.25, 0.3) is 0 Å². The third kappa shape index (κ3) is 3.69. The molecule has 1 radical (unpaired) electrons. The highest BCUT2D eigenvalue weighted by atomic mass is 35.5. The van der Waals surface area contributed by atoms with E-state index in [2.05, 4.69) is 4.74 Å². The fourth-order valence-electron chi connectivity index (χ4n) is 0.203. The van der Waals surface area contributed by atoms with Gasteiger partial charge in [-0.25, -0.2) is 4.79 Å². The molecule has 0 bridgehead atoms. The van der Waals surface area contributed by atoms with Crippen LogP contribution in [0, 0.1) is 6.42 Å². The molecule has 0 fully saturated rings. The summed E-state index contributed by atoms with van der Waals surface area (Å²) in [5.74, 6) is -1.71. The quantitative estimate of drug-likeness (QED) is 0.366. The highest BCUT2D eigenvalue weighted by Gasteiger charge is 2.15. The van der Waals surface area contributed by atoms with Gasteiger partial charge in [-0.05, 0) is 0 Å². The molecule has 0 heterocycles. The summed E-state index contributed by atoms with van der Waals surface area (Å²) in [6.45, 7) is 1.44. The minimum absolute atomic E-state index is 0.753. The second-order valence-corrected chi connectivity index (χ2v) is 2.43. The van der Waals surface area contributed by atoms with Gasteiger partial charge in [-0.15, -0.1) is 0 Å². The average Bonchev–Trinajstić information content (AvgIpc) is 1.87. The summed E-state index contributed by atoms with van der Waals surface area (Å²) in [6.07, 6.45) is 1.09. The highest BCUT2D eigenvalue weighted by Crippen LogP contribution is 2.03. The molecule has 0 aromatic heterocycles. The largest absolute Gasteiger partial charge is 0.391 e. The number of hydrogen-bond donors (Lipinski definition) is 0. The van der Waals surface area contributed by atoms with Gasteiger partial charge in [0.1, 0.15) is 0 Å². The molecule has 0 spiro atoms. The number of alkyl halides is 2. The normalized spacial score (nSPS) is 9.60. The van der Waals surface area contributed by atoms with Gasteiger partial charge in [0.2, 0.25) is 4.84 Å². The van der Waals surface area contributed by atoms with E-state index in [1.165, 1.54) is 6.92 Å². The monoisotopic (exact) mass is 183 g/mol. The van der Waals surface area contributed by atoms with Crippen molar-refractivity contribution in [1.82, 2.24) is 0 Å². The molecule has 0 N–H and O–H groups in total. The Bertz CT molecular complexity index is 144. The standard InChI is InChI=1S/C5H5Cl2O3/c1-2-3(8)10-5(9)4(6)7/h2,4H,1H3. The van der Waals surface area contributed by atoms with Crippen molar-refractivity contribution in [2.75, 3.05) is 0 Å². The molecule has 0 aromatic rings. The molecule has 10 heavy (non-hydrogen) atoms. The summed E-state index contributed by atoms with van der Waals surface area (Å²) in [6, 6.07) is 0. The van der Waals surface area contributed by atoms with Crippen LogP contribution < -0.4 is 0 Å². The molecule has 3 nitrogen and oxygen atoms in total. The van der Waals surface area contributed by atoms with Crippen molar-refractivity contribution < 1.29 is 14.3 Å². The van der Waals surface area contributed by atoms with Gasteiger partial charge >= 0.3 is 11.9 Å². The van der Waals surface area contributed by atoms with E-state index in [0.29, 0.717) is 0 Å². The molecule has 0 saturated carbocycles. The smallest absolute Gasteiger partial charge is 0.347 e. The second kappa shape index (κ2) is 4.52. The number of carbonyl (C=O) groups is 2. The van der Waals surface area contributed by atoms with Crippen molar-refractivity contribution in [2.24, 2.45) is 0 Å². The molecular formula is C5H5Cl2O3. The first-order valence-electron chi connectivity index (χ1n) is 2.41. The van der Waals surface area contributed by atoms with Gasteiger partial charge in [0.05, 0.1) is 6.42 Å². The number of esters is 2. The average molecular weight is 184 g/mol. The molecule has 0 rings (SSSR count). The van der Waals surface area contributed by atoms with Crippen LogP contribution in [0.2, 0.25) is 0 Å². The van der Waals surface area contributed by atoms with Crippen molar-refractivity contribution in [3.8, 4) is 0 Å². The zero-order valence-electron chi connectivity index (χ0n) is 5.14. The first-order chi connectivity index (χ1) is 4.57. The summed E-state index contributed by atoms with van der Waals surface area (Å²) in [7, 11) is 0. The van der Waals surface area contributed by atoms with Crippen molar-refractivity contribution in [2.45, 2.75) is 11.8 Å². The minimum Gasteiger partial charge on any atom is -0.391 e. The Labute approximate surface area is 68.2 Å². The van der Waals surface area contributed by atoms with Crippen molar-refractivity contribution >= 4 is 35.1 Å². The third-order valence-corrected chi connectivity index (χ3v) is 0.971. The molecule has 0 aliphatic rings. The zero-order chi connectivity index (χ0) is 8.15. The van der Waals surface area contributed by atoms with E-state index in [1.54, 1.807) is 0 Å². The molecule has 57 valence electrons. The maximum Gasteiger partial charge on any atom is 0.347 e. The number of hydrogen-bond acceptors (Lipinski definition) is 3. The van der Waals surface area contributed by atoms with E-state index in [9.17, 15) is 9.59 Å². The predicted molar refractivity (Wildman–Crippen MR) is 36.6 cm³/mol. The molecule has 0 aliphatic heterocycles. The lowest BCUT2D eigenvalue weighted by Crippen LogP contribution is -2.17. The first-order valence-corrected chi connectivity index (χ1v) is 3.28. The van der Waals surface area contributed by atoms with Crippen LogP contribution in [-0.2, 0) is 14.3 Å². The van der Waals surface area contributed by atoms with Crippen molar-refractivity contribution in [1.29, 1.82) is 0 Å². The predicted octanol–water partition coefficient (Wildman–Crippen LogP) is 1.08. The highest BCUT2D eigenvalue weighted by molar-refractivity contribution is 6.53. The maximum atomic E-state index is 10.4. The summed E-state index contributed by atoms with van der Waals surface area (Å²) >= 11 is 10.1. The van der Waals surface area contributed by atoms with E-state index < -0.39 is 16.8 Å². The molecular weight excluding hydrogens is 179 g/mol. The van der Waals surface area contributed by atoms with Crippen LogP contribution in [0.5, 0.6) is 0 Å². The molecule has 0 saturated heterocycles. The Morgan fingerprint density at radius 2 is 2.00 bits per heavy atom. The summed E-state index contributed by atoms with van der Waals surface area (Å²) in [5, 5.41) is 0. The van der Waals surface area contributed by atoms with Crippen molar-refractivity contribution in [3.63, 3.8) is 0 Å². The van der Waals surface area contributed by atoms with Crippen LogP contribution in [-0.4, -0.2) is 16.8 Å². The lowest BCUT2D eigenvalue weighted by molar-refractivity contribution is -0.155. The van der Waals surface area contributed by atoms with Crippen LogP contribution in [0.15, 0.2) is 0 Å². The number of rotatable bonds is 2. The summed E-state index contributed by atoms with van der Waals surface area (Å²) < 4.78 is 4.06. The number of halogens is 2. The Morgan fingerprint density at radius 3 is 2.30 bits per heavy atom. The number of ether oxygens (including phenoxy) is 1. The Hall–Kier alpha value is -0.280. The van der Waals surface area contributed by atoms with Crippen LogP contribution in [0.3, 0.4) is 0 Å². The Kier molecular flexibility index (Phi) is 4.40. The molecule has 0 amide bonds. The molecule has 0 atom stereocenters. The summed E-state index contributed by atoms with van der Waals surface area (Å²) in [4.78, 5) is 19.4. The lowest BCUT2D eigenvalue weighted by atomic mass is 10.5. The topological polar surface area (TPSA) is 43.4 Å². The van der Waals surface area contributed by atoms with Gasteiger partial charge in [-0.1, -0.05) is 30.1 Å². The van der Waals surface area contributed by atoms with Crippen LogP contribution >= 0.6 is 23.2 Å². The first kappa shape index (κ1) is 9.72. The van der Waals surface area contributed by atoms with Gasteiger partial charge < -0.3 is 4.74 Å². The molecule has 0 aliphatic carbocycles. The van der Waals surface area contributed by atoms with Gasteiger partial charge in [-0.2, -0.15) is 0 Å². The molecule has 0 aromatic carbocycles. The molecule has 0 unspecified atom stereocenters. The zero-order valence-corrected chi connectivity index (χ0v) is 6.65. The Balaban J connectivity index is 3.69. The fraction of sp³-hybridized carbons (Fsp3) is 0.400. The van der Waals surface area contributed by atoms with Crippen LogP contribution in [0.4, 0.5) is 0 Å². The second-order valence-electron chi connectivity index (χ2n) is 1.33. The van der Waals surface area contributed by atoms with Gasteiger partial charge in [0.15, 0.2) is 0 Å².